The van der Waals surface area contributed by atoms with Gasteiger partial charge in [-0.05, 0) is 49.4 Å². The topological polar surface area (TPSA) is 81.7 Å². The molecule has 0 saturated carbocycles. The summed E-state index contributed by atoms with van der Waals surface area (Å²) in [4.78, 5) is 0.0684. The molecular formula is C26H26NO5PS. The van der Waals surface area contributed by atoms with Crippen LogP contribution in [0, 0.1) is 0 Å². The van der Waals surface area contributed by atoms with Gasteiger partial charge in [0.05, 0.1) is 15.3 Å². The lowest BCUT2D eigenvalue weighted by molar-refractivity contribution is 0.359. The van der Waals surface area contributed by atoms with Gasteiger partial charge in [-0.3, -0.25) is 0 Å². The molecule has 0 aliphatic heterocycles. The second kappa shape index (κ2) is 10.7. The van der Waals surface area contributed by atoms with Crippen LogP contribution in [0.15, 0.2) is 132 Å². The molecule has 0 radical (unpaired) electrons. The van der Waals surface area contributed by atoms with Crippen LogP contribution < -0.4 is 14.1 Å². The molecule has 34 heavy (non-hydrogen) atoms. The van der Waals surface area contributed by atoms with Crippen molar-refractivity contribution in [2.45, 2.75) is 12.5 Å². The zero-order chi connectivity index (χ0) is 24.7. The van der Waals surface area contributed by atoms with E-state index in [0.29, 0.717) is 11.5 Å². The highest BCUT2D eigenvalue weighted by Gasteiger charge is 2.37. The molecule has 0 aromatic heterocycles. The minimum absolute atomic E-state index is 0.0221. The lowest BCUT2D eigenvalue weighted by Crippen LogP contribution is -2.38. The van der Waals surface area contributed by atoms with E-state index >= 15 is 0 Å². The van der Waals surface area contributed by atoms with Gasteiger partial charge >= 0.3 is 7.75 Å². The number of hydrogen-bond acceptors (Lipinski definition) is 5. The number of benzene rings is 2. The second-order valence-electron chi connectivity index (χ2n) is 7.47. The summed E-state index contributed by atoms with van der Waals surface area (Å²) in [6.07, 6.45) is 11.7. The minimum Gasteiger partial charge on any atom is -0.405 e. The van der Waals surface area contributed by atoms with E-state index in [0.717, 1.165) is 0 Å². The molecular weight excluding hydrogens is 469 g/mol. The van der Waals surface area contributed by atoms with Gasteiger partial charge in [0, 0.05) is 0 Å². The van der Waals surface area contributed by atoms with Crippen LogP contribution in [0.4, 0.5) is 0 Å². The first-order chi connectivity index (χ1) is 16.2. The van der Waals surface area contributed by atoms with Gasteiger partial charge in [0.1, 0.15) is 11.5 Å². The van der Waals surface area contributed by atoms with Crippen molar-refractivity contribution in [3.05, 3.63) is 132 Å². The van der Waals surface area contributed by atoms with Crippen molar-refractivity contribution in [2.24, 2.45) is 0 Å². The van der Waals surface area contributed by atoms with E-state index in [2.05, 4.69) is 18.2 Å². The quantitative estimate of drug-likeness (QED) is 0.309. The molecule has 176 valence electrons. The molecule has 6 nitrogen and oxygen atoms in total. The number of sulfone groups is 1. The molecule has 8 heteroatoms. The molecule has 1 unspecified atom stereocenters. The Labute approximate surface area is 200 Å². The van der Waals surface area contributed by atoms with E-state index in [1.165, 1.54) is 30.4 Å². The Balaban J connectivity index is 1.93. The van der Waals surface area contributed by atoms with E-state index in [4.69, 9.17) is 9.05 Å². The number of para-hydroxylation sites is 2. The minimum atomic E-state index is -3.98. The maximum absolute atomic E-state index is 13.9. The first-order valence-corrected chi connectivity index (χ1v) is 13.4. The Morgan fingerprint density at radius 2 is 1.53 bits per heavy atom. The van der Waals surface area contributed by atoms with Gasteiger partial charge in [0.2, 0.25) is 9.84 Å². The number of hydrogen-bond donors (Lipinski definition) is 1. The lowest BCUT2D eigenvalue weighted by atomic mass is 10.0. The summed E-state index contributed by atoms with van der Waals surface area (Å²) in [5.74, 6) is 0.706. The number of allylic oxidation sites excluding steroid dienone is 6. The zero-order valence-corrected chi connectivity index (χ0v) is 20.4. The maximum atomic E-state index is 13.9. The monoisotopic (exact) mass is 495 g/mol. The van der Waals surface area contributed by atoms with Gasteiger partial charge in [-0.1, -0.05) is 79.9 Å². The molecule has 0 bridgehead atoms. The SMILES string of the molecule is C=C/C=C(\C=C)S(=O)(=O)C1=CC=CC(C)(NP(=O)(Oc2ccccc2)Oc2ccccc2)C=C1. The fourth-order valence-electron chi connectivity index (χ4n) is 3.08. The summed E-state index contributed by atoms with van der Waals surface area (Å²) < 4.78 is 51.4. The van der Waals surface area contributed by atoms with Crippen molar-refractivity contribution in [1.29, 1.82) is 0 Å². The number of rotatable bonds is 10. The van der Waals surface area contributed by atoms with E-state index in [-0.39, 0.29) is 9.81 Å². The highest BCUT2D eigenvalue weighted by molar-refractivity contribution is 7.99. The molecule has 0 saturated heterocycles. The Morgan fingerprint density at radius 3 is 2.03 bits per heavy atom. The normalized spacial score (nSPS) is 18.5. The van der Waals surface area contributed by atoms with Crippen LogP contribution >= 0.6 is 7.75 Å². The molecule has 0 heterocycles. The maximum Gasteiger partial charge on any atom is 0.513 e. The second-order valence-corrected chi connectivity index (χ2v) is 11.0. The van der Waals surface area contributed by atoms with E-state index in [1.54, 1.807) is 73.7 Å². The highest BCUT2D eigenvalue weighted by atomic mass is 32.2. The van der Waals surface area contributed by atoms with Crippen molar-refractivity contribution >= 4 is 17.6 Å². The van der Waals surface area contributed by atoms with Gasteiger partial charge < -0.3 is 9.05 Å². The van der Waals surface area contributed by atoms with Crippen LogP contribution in [-0.2, 0) is 14.4 Å². The smallest absolute Gasteiger partial charge is 0.405 e. The summed E-state index contributed by atoms with van der Waals surface area (Å²) in [7, 11) is -7.79. The van der Waals surface area contributed by atoms with Crippen LogP contribution in [0.25, 0.3) is 0 Å². The van der Waals surface area contributed by atoms with E-state index in [9.17, 15) is 13.0 Å². The average Bonchev–Trinajstić information content (AvgIpc) is 3.00. The first kappa shape index (κ1) is 25.2. The van der Waals surface area contributed by atoms with E-state index < -0.39 is 23.1 Å². The third-order valence-corrected chi connectivity index (χ3v) is 8.19. The zero-order valence-electron chi connectivity index (χ0n) is 18.7. The van der Waals surface area contributed by atoms with Crippen LogP contribution in [0.3, 0.4) is 0 Å². The Bertz CT molecular complexity index is 1270. The van der Waals surface area contributed by atoms with Crippen molar-refractivity contribution in [2.75, 3.05) is 0 Å². The summed E-state index contributed by atoms with van der Waals surface area (Å²) in [6, 6.07) is 17.3. The van der Waals surface area contributed by atoms with Gasteiger partial charge in [0.25, 0.3) is 0 Å². The molecule has 0 amide bonds. The summed E-state index contributed by atoms with van der Waals surface area (Å²) in [6.45, 7) is 8.85. The van der Waals surface area contributed by atoms with Crippen molar-refractivity contribution in [3.63, 3.8) is 0 Å². The largest absolute Gasteiger partial charge is 0.513 e. The predicted octanol–water partition coefficient (Wildman–Crippen LogP) is 6.28. The third-order valence-electron chi connectivity index (χ3n) is 4.72. The van der Waals surface area contributed by atoms with Crippen LogP contribution in [0.2, 0.25) is 0 Å². The van der Waals surface area contributed by atoms with Crippen molar-refractivity contribution < 1.29 is 22.0 Å². The number of nitrogens with one attached hydrogen (secondary N) is 1. The molecule has 3 rings (SSSR count). The fraction of sp³-hybridized carbons (Fsp3) is 0.0769. The Morgan fingerprint density at radius 1 is 0.971 bits per heavy atom. The molecule has 2 aromatic rings. The summed E-state index contributed by atoms with van der Waals surface area (Å²) in [5, 5.41) is 2.94. The van der Waals surface area contributed by atoms with Crippen molar-refractivity contribution in [1.82, 2.24) is 5.09 Å². The fourth-order valence-corrected chi connectivity index (χ4v) is 6.02. The first-order valence-electron chi connectivity index (χ1n) is 10.4. The standard InChI is InChI=1S/C26H26NO5PS/c1-4-13-24(5-2)34(29,30)25-18-12-20-26(3,21-19-25)27-33(28,31-22-14-8-6-9-15-22)32-23-16-10-7-11-17-23/h4-21H,1-2H2,3H3,(H,27,28)/b24-13+. The molecule has 0 spiro atoms. The van der Waals surface area contributed by atoms with Gasteiger partial charge in [-0.2, -0.15) is 5.09 Å². The Kier molecular flexibility index (Phi) is 7.94. The molecule has 2 aromatic carbocycles. The molecule has 1 aliphatic rings. The van der Waals surface area contributed by atoms with Crippen LogP contribution in [0.1, 0.15) is 6.92 Å². The van der Waals surface area contributed by atoms with Crippen LogP contribution in [0.5, 0.6) is 11.5 Å². The molecule has 1 aliphatic carbocycles. The Hall–Kier alpha value is -3.38. The van der Waals surface area contributed by atoms with Gasteiger partial charge in [-0.15, -0.1) is 0 Å². The van der Waals surface area contributed by atoms with Gasteiger partial charge in [0.15, 0.2) is 0 Å². The molecule has 1 atom stereocenters. The molecule has 1 N–H and O–H groups in total. The third kappa shape index (κ3) is 6.35. The van der Waals surface area contributed by atoms with E-state index in [1.807, 2.05) is 12.1 Å². The summed E-state index contributed by atoms with van der Waals surface area (Å²) in [5.41, 5.74) is -1.07. The van der Waals surface area contributed by atoms with Gasteiger partial charge in [-0.25, -0.2) is 13.0 Å². The highest BCUT2D eigenvalue weighted by Crippen LogP contribution is 2.47. The van der Waals surface area contributed by atoms with Crippen LogP contribution in [-0.4, -0.2) is 14.0 Å². The average molecular weight is 496 g/mol. The predicted molar refractivity (Wildman–Crippen MR) is 137 cm³/mol. The van der Waals surface area contributed by atoms with Crippen molar-refractivity contribution in [3.8, 4) is 11.5 Å². The summed E-state index contributed by atoms with van der Waals surface area (Å²) >= 11 is 0. The lowest BCUT2D eigenvalue weighted by Gasteiger charge is -2.29. The molecule has 0 fully saturated rings.